The van der Waals surface area contributed by atoms with E-state index in [9.17, 15) is 0 Å². The van der Waals surface area contributed by atoms with Gasteiger partial charge in [-0.15, -0.1) is 15.8 Å². The molecule has 0 aromatic heterocycles. The van der Waals surface area contributed by atoms with Gasteiger partial charge < -0.3 is 18.9 Å². The van der Waals surface area contributed by atoms with Gasteiger partial charge in [0.15, 0.2) is 12.6 Å². The molecule has 0 heterocycles. The van der Waals surface area contributed by atoms with E-state index in [4.69, 9.17) is 18.9 Å². The van der Waals surface area contributed by atoms with Gasteiger partial charge in [0.05, 0.1) is 0 Å². The van der Waals surface area contributed by atoms with Crippen LogP contribution in [0.4, 0.5) is 0 Å². The van der Waals surface area contributed by atoms with Crippen LogP contribution in [0.1, 0.15) is 40.5 Å². The van der Waals surface area contributed by atoms with Gasteiger partial charge >= 0.3 is 0 Å². The molecule has 0 amide bonds. The average molecular weight is 382 g/mol. The van der Waals surface area contributed by atoms with Crippen LogP contribution < -0.4 is 0 Å². The summed E-state index contributed by atoms with van der Waals surface area (Å²) in [6.07, 6.45) is 7.24. The molecule has 4 nitrogen and oxygen atoms in total. The fourth-order valence-electron chi connectivity index (χ4n) is 2.39. The van der Waals surface area contributed by atoms with E-state index in [2.05, 4.69) is 13.3 Å². The molecule has 0 bridgehead atoms. The average Bonchev–Trinajstić information content (AvgIpc) is 2.56. The van der Waals surface area contributed by atoms with Gasteiger partial charge in [-0.3, -0.25) is 0 Å². The highest BCUT2D eigenvalue weighted by Gasteiger charge is 2.13. The number of hydrogen-bond donors (Lipinski definition) is 0. The zero-order valence-corrected chi connectivity index (χ0v) is 18.5. The van der Waals surface area contributed by atoms with Crippen LogP contribution >= 0.6 is 15.8 Å². The fraction of sp³-hybridized carbons (Fsp3) is 1.00. The number of hydrogen-bond acceptors (Lipinski definition) is 4. The van der Waals surface area contributed by atoms with Crippen molar-refractivity contribution >= 4 is 15.8 Å². The van der Waals surface area contributed by atoms with Gasteiger partial charge in [-0.2, -0.15) is 0 Å². The third-order valence-corrected chi connectivity index (χ3v) is 8.14. The van der Waals surface area contributed by atoms with E-state index in [-0.39, 0.29) is 28.4 Å². The lowest BCUT2D eigenvalue weighted by atomic mass is 10.4. The Hall–Kier alpha value is 0.700. The molecule has 146 valence electrons. The zero-order valence-electron chi connectivity index (χ0n) is 16.8. The number of ether oxygens (including phenoxy) is 4. The SMILES string of the molecule is CCOC(CCP(C)CCP(C)CCC(OCC)OCC)OCC. The van der Waals surface area contributed by atoms with Gasteiger partial charge in [0.25, 0.3) is 0 Å². The predicted octanol–water partition coefficient (Wildman–Crippen LogP) is 4.79. The lowest BCUT2D eigenvalue weighted by molar-refractivity contribution is -0.136. The Morgan fingerprint density at radius 2 is 0.833 bits per heavy atom. The van der Waals surface area contributed by atoms with Crippen LogP contribution in [-0.2, 0) is 18.9 Å². The third-order valence-electron chi connectivity index (χ3n) is 3.77. The summed E-state index contributed by atoms with van der Waals surface area (Å²) in [4.78, 5) is 0. The highest BCUT2D eigenvalue weighted by Crippen LogP contribution is 2.39. The summed E-state index contributed by atoms with van der Waals surface area (Å²) in [5.41, 5.74) is 0. The van der Waals surface area contributed by atoms with Crippen molar-refractivity contribution in [3.8, 4) is 0 Å². The first-order valence-corrected chi connectivity index (χ1v) is 13.7. The standard InChI is InChI=1S/C18H40O4P2/c1-7-19-17(20-8-2)11-13-23(5)15-16-24(6)14-12-18(21-9-3)22-10-4/h17-18H,7-16H2,1-6H3. The van der Waals surface area contributed by atoms with Gasteiger partial charge in [0.2, 0.25) is 0 Å². The summed E-state index contributed by atoms with van der Waals surface area (Å²) in [7, 11) is 0.174. The topological polar surface area (TPSA) is 36.9 Å². The van der Waals surface area contributed by atoms with Crippen LogP contribution in [0.2, 0.25) is 0 Å². The highest BCUT2D eigenvalue weighted by atomic mass is 31.1. The van der Waals surface area contributed by atoms with Crippen LogP contribution in [0.3, 0.4) is 0 Å². The van der Waals surface area contributed by atoms with E-state index in [1.807, 2.05) is 27.7 Å². The van der Waals surface area contributed by atoms with Gasteiger partial charge in [-0.05, 0) is 65.7 Å². The first-order chi connectivity index (χ1) is 11.6. The smallest absolute Gasteiger partial charge is 0.157 e. The fourth-order valence-corrected chi connectivity index (χ4v) is 6.87. The summed E-state index contributed by atoms with van der Waals surface area (Å²) >= 11 is 0. The molecule has 2 atom stereocenters. The maximum Gasteiger partial charge on any atom is 0.157 e. The van der Waals surface area contributed by atoms with Gasteiger partial charge in [0, 0.05) is 39.3 Å². The zero-order chi connectivity index (χ0) is 18.2. The van der Waals surface area contributed by atoms with Crippen LogP contribution in [0.15, 0.2) is 0 Å². The molecule has 0 saturated heterocycles. The monoisotopic (exact) mass is 382 g/mol. The Balaban J connectivity index is 3.88. The summed E-state index contributed by atoms with van der Waals surface area (Å²) < 4.78 is 22.5. The minimum atomic E-state index is -0.00812. The minimum absolute atomic E-state index is 0.00812. The van der Waals surface area contributed by atoms with Crippen molar-refractivity contribution in [2.24, 2.45) is 0 Å². The predicted molar refractivity (Wildman–Crippen MR) is 108 cm³/mol. The summed E-state index contributed by atoms with van der Waals surface area (Å²) in [6.45, 7) is 15.9. The van der Waals surface area contributed by atoms with Crippen molar-refractivity contribution in [2.75, 3.05) is 64.4 Å². The first-order valence-electron chi connectivity index (χ1n) is 9.40. The minimum Gasteiger partial charge on any atom is -0.353 e. The third kappa shape index (κ3) is 13.9. The molecule has 0 aromatic rings. The Bertz CT molecular complexity index is 231. The molecule has 2 unspecified atom stereocenters. The van der Waals surface area contributed by atoms with Crippen LogP contribution in [-0.4, -0.2) is 77.0 Å². The molecule has 6 heteroatoms. The highest BCUT2D eigenvalue weighted by molar-refractivity contribution is 7.60. The normalized spacial score (nSPS) is 14.5. The molecule has 0 rings (SSSR count). The molecule has 24 heavy (non-hydrogen) atoms. The molecule has 0 aliphatic heterocycles. The molecular weight excluding hydrogens is 342 g/mol. The number of rotatable bonds is 17. The van der Waals surface area contributed by atoms with E-state index in [1.165, 1.54) is 24.6 Å². The molecule has 0 aliphatic carbocycles. The second kappa shape index (κ2) is 17.1. The Morgan fingerprint density at radius 1 is 0.542 bits per heavy atom. The van der Waals surface area contributed by atoms with Crippen molar-refractivity contribution in [1.82, 2.24) is 0 Å². The molecule has 0 radical (unpaired) electrons. The molecule has 0 spiro atoms. The van der Waals surface area contributed by atoms with E-state index in [0.717, 1.165) is 39.3 Å². The molecule has 0 aliphatic rings. The molecule has 0 aromatic carbocycles. The van der Waals surface area contributed by atoms with E-state index < -0.39 is 0 Å². The van der Waals surface area contributed by atoms with Gasteiger partial charge in [0.1, 0.15) is 0 Å². The second-order valence-electron chi connectivity index (χ2n) is 5.86. The van der Waals surface area contributed by atoms with Gasteiger partial charge in [-0.25, -0.2) is 0 Å². The Kier molecular flexibility index (Phi) is 17.6. The molecule has 0 N–H and O–H groups in total. The summed E-state index contributed by atoms with van der Waals surface area (Å²) in [6, 6.07) is 0. The lowest BCUT2D eigenvalue weighted by Gasteiger charge is -2.22. The lowest BCUT2D eigenvalue weighted by Crippen LogP contribution is -2.19. The maximum atomic E-state index is 5.63. The largest absolute Gasteiger partial charge is 0.353 e. The van der Waals surface area contributed by atoms with E-state index >= 15 is 0 Å². The first kappa shape index (κ1) is 24.7. The molecule has 0 saturated carbocycles. The molecular formula is C18H40O4P2. The Labute approximate surface area is 152 Å². The van der Waals surface area contributed by atoms with Crippen molar-refractivity contribution < 1.29 is 18.9 Å². The van der Waals surface area contributed by atoms with Crippen molar-refractivity contribution in [3.63, 3.8) is 0 Å². The second-order valence-corrected chi connectivity index (χ2v) is 11.1. The summed E-state index contributed by atoms with van der Waals surface area (Å²) in [5.74, 6) is 0. The van der Waals surface area contributed by atoms with Crippen LogP contribution in [0.25, 0.3) is 0 Å². The quantitative estimate of drug-likeness (QED) is 0.268. The van der Waals surface area contributed by atoms with Crippen LogP contribution in [0, 0.1) is 0 Å². The Morgan fingerprint density at radius 3 is 1.08 bits per heavy atom. The van der Waals surface area contributed by atoms with Crippen molar-refractivity contribution in [1.29, 1.82) is 0 Å². The summed E-state index contributed by atoms with van der Waals surface area (Å²) in [5, 5.41) is 0. The van der Waals surface area contributed by atoms with Crippen molar-refractivity contribution in [3.05, 3.63) is 0 Å². The van der Waals surface area contributed by atoms with E-state index in [0.29, 0.717) is 0 Å². The molecule has 0 fully saturated rings. The van der Waals surface area contributed by atoms with E-state index in [1.54, 1.807) is 0 Å². The van der Waals surface area contributed by atoms with Crippen molar-refractivity contribution in [2.45, 2.75) is 53.1 Å². The maximum absolute atomic E-state index is 5.63. The van der Waals surface area contributed by atoms with Gasteiger partial charge in [-0.1, -0.05) is 0 Å². The van der Waals surface area contributed by atoms with Crippen LogP contribution in [0.5, 0.6) is 0 Å².